The third kappa shape index (κ3) is 3.06. The maximum Gasteiger partial charge on any atom is 0.190 e. The van der Waals surface area contributed by atoms with Crippen LogP contribution >= 0.6 is 11.3 Å². The maximum atomic E-state index is 12.6. The summed E-state index contributed by atoms with van der Waals surface area (Å²) in [4.78, 5) is 20.8. The second-order valence-electron chi connectivity index (χ2n) is 8.68. The zero-order chi connectivity index (χ0) is 19.3. The molecule has 3 nitrogen and oxygen atoms in total. The first kappa shape index (κ1) is 17.6. The molecule has 1 aliphatic carbocycles. The molecule has 5 rings (SSSR count). The number of hydrogen-bond acceptors (Lipinski definition) is 4. The number of ketones is 1. The molecule has 4 heteroatoms. The van der Waals surface area contributed by atoms with Crippen LogP contribution in [-0.2, 0) is 12.8 Å². The minimum absolute atomic E-state index is 0.00963. The number of rotatable bonds is 2. The summed E-state index contributed by atoms with van der Waals surface area (Å²) < 4.78 is 0. The van der Waals surface area contributed by atoms with Gasteiger partial charge in [-0.1, -0.05) is 67.6 Å². The molecule has 2 aromatic carbocycles. The molecule has 0 saturated heterocycles. The molecule has 0 unspecified atom stereocenters. The van der Waals surface area contributed by atoms with Crippen LogP contribution in [0.5, 0.6) is 0 Å². The molecule has 0 bridgehead atoms. The van der Waals surface area contributed by atoms with Crippen LogP contribution in [0.1, 0.15) is 47.6 Å². The van der Waals surface area contributed by atoms with Crippen LogP contribution in [-0.4, -0.2) is 17.3 Å². The first-order valence-electron chi connectivity index (χ1n) is 9.99. The van der Waals surface area contributed by atoms with Gasteiger partial charge in [0.05, 0.1) is 10.6 Å². The van der Waals surface area contributed by atoms with Gasteiger partial charge in [-0.05, 0) is 47.4 Å². The van der Waals surface area contributed by atoms with E-state index in [9.17, 15) is 4.79 Å². The molecule has 0 saturated carbocycles. The van der Waals surface area contributed by atoms with E-state index in [2.05, 4.69) is 61.2 Å². The largest absolute Gasteiger partial charge is 0.317 e. The van der Waals surface area contributed by atoms with Crippen molar-refractivity contribution in [1.82, 2.24) is 4.98 Å². The zero-order valence-electron chi connectivity index (χ0n) is 16.4. The van der Waals surface area contributed by atoms with Crippen molar-refractivity contribution in [2.24, 2.45) is 5.41 Å². The Morgan fingerprint density at radius 2 is 1.86 bits per heavy atom. The van der Waals surface area contributed by atoms with Gasteiger partial charge in [0.2, 0.25) is 0 Å². The molecule has 0 N–H and O–H groups in total. The summed E-state index contributed by atoms with van der Waals surface area (Å²) in [5.74, 6) is 0.255. The summed E-state index contributed by atoms with van der Waals surface area (Å²) in [6, 6.07) is 17.3. The summed E-state index contributed by atoms with van der Waals surface area (Å²) in [6.45, 7) is 5.28. The highest BCUT2D eigenvalue weighted by molar-refractivity contribution is 7.17. The fourth-order valence-electron chi connectivity index (χ4n) is 4.41. The summed E-state index contributed by atoms with van der Waals surface area (Å²) in [7, 11) is 0. The predicted octanol–water partition coefficient (Wildman–Crippen LogP) is 6.05. The number of fused-ring (bicyclic) bond motifs is 2. The topological polar surface area (TPSA) is 33.2 Å². The lowest BCUT2D eigenvalue weighted by atomic mass is 9.78. The highest BCUT2D eigenvalue weighted by Gasteiger charge is 2.35. The lowest BCUT2D eigenvalue weighted by Gasteiger charge is -2.29. The molecule has 3 aromatic rings. The lowest BCUT2D eigenvalue weighted by molar-refractivity contribution is 0.0916. The van der Waals surface area contributed by atoms with Crippen LogP contribution in [0.4, 0.5) is 10.8 Å². The van der Waals surface area contributed by atoms with Crippen LogP contribution in [0.2, 0.25) is 0 Å². The number of nitrogens with zero attached hydrogens (tertiary/aromatic N) is 2. The zero-order valence-corrected chi connectivity index (χ0v) is 17.2. The predicted molar refractivity (Wildman–Crippen MR) is 116 cm³/mol. The molecule has 0 amide bonds. The first-order valence-corrected chi connectivity index (χ1v) is 10.8. The molecule has 2 heterocycles. The van der Waals surface area contributed by atoms with E-state index in [0.29, 0.717) is 6.42 Å². The number of aryl methyl sites for hydroxylation is 1. The van der Waals surface area contributed by atoms with Crippen LogP contribution < -0.4 is 4.90 Å². The average Bonchev–Trinajstić information content (AvgIpc) is 3.10. The van der Waals surface area contributed by atoms with Gasteiger partial charge in [-0.15, -0.1) is 0 Å². The SMILES string of the molecule is CC1(C)CC(=O)c2sc(N3CCCc4ccc(-c5ccccc5)cc43)nc2C1. The van der Waals surface area contributed by atoms with Crippen LogP contribution in [0.25, 0.3) is 11.1 Å². The monoisotopic (exact) mass is 388 g/mol. The van der Waals surface area contributed by atoms with Crippen LogP contribution in [0, 0.1) is 5.41 Å². The van der Waals surface area contributed by atoms with E-state index in [1.807, 2.05) is 6.07 Å². The van der Waals surface area contributed by atoms with Crippen molar-refractivity contribution in [1.29, 1.82) is 0 Å². The number of carbonyl (C=O) groups is 1. The average molecular weight is 389 g/mol. The minimum atomic E-state index is 0.00963. The maximum absolute atomic E-state index is 12.6. The van der Waals surface area contributed by atoms with E-state index < -0.39 is 0 Å². The summed E-state index contributed by atoms with van der Waals surface area (Å²) >= 11 is 1.58. The third-order valence-corrected chi connectivity index (χ3v) is 6.93. The van der Waals surface area contributed by atoms with Gasteiger partial charge in [-0.25, -0.2) is 4.98 Å². The molecule has 0 fully saturated rings. The number of thiazole rings is 1. The second-order valence-corrected chi connectivity index (χ2v) is 9.66. The van der Waals surface area contributed by atoms with E-state index in [1.54, 1.807) is 11.3 Å². The van der Waals surface area contributed by atoms with Crippen molar-refractivity contribution >= 4 is 27.9 Å². The van der Waals surface area contributed by atoms with Gasteiger partial charge >= 0.3 is 0 Å². The van der Waals surface area contributed by atoms with Gasteiger partial charge in [0, 0.05) is 18.7 Å². The molecule has 28 heavy (non-hydrogen) atoms. The Morgan fingerprint density at radius 3 is 2.68 bits per heavy atom. The number of aromatic nitrogens is 1. The van der Waals surface area contributed by atoms with Gasteiger partial charge in [-0.2, -0.15) is 0 Å². The number of Topliss-reactive ketones (excluding diaryl/α,β-unsaturated/α-hetero) is 1. The molecular weight excluding hydrogens is 364 g/mol. The van der Waals surface area contributed by atoms with Gasteiger partial charge in [0.1, 0.15) is 0 Å². The van der Waals surface area contributed by atoms with Crippen molar-refractivity contribution in [3.63, 3.8) is 0 Å². The van der Waals surface area contributed by atoms with Gasteiger partial charge < -0.3 is 4.90 Å². The van der Waals surface area contributed by atoms with Crippen molar-refractivity contribution < 1.29 is 4.79 Å². The van der Waals surface area contributed by atoms with Gasteiger partial charge in [0.25, 0.3) is 0 Å². The van der Waals surface area contributed by atoms with Gasteiger partial charge in [0.15, 0.2) is 10.9 Å². The van der Waals surface area contributed by atoms with Crippen LogP contribution in [0.15, 0.2) is 48.5 Å². The minimum Gasteiger partial charge on any atom is -0.317 e. The van der Waals surface area contributed by atoms with Gasteiger partial charge in [-0.3, -0.25) is 4.79 Å². The third-order valence-electron chi connectivity index (χ3n) is 5.77. The Hall–Kier alpha value is -2.46. The summed E-state index contributed by atoms with van der Waals surface area (Å²) in [5, 5.41) is 0.974. The Morgan fingerprint density at radius 1 is 1.04 bits per heavy atom. The van der Waals surface area contributed by atoms with E-state index in [1.165, 1.54) is 22.4 Å². The Kier molecular flexibility index (Phi) is 4.13. The number of hydrogen-bond donors (Lipinski definition) is 0. The number of benzene rings is 2. The molecular formula is C24H24N2OS. The van der Waals surface area contributed by atoms with Crippen molar-refractivity contribution in [3.8, 4) is 11.1 Å². The molecule has 0 spiro atoms. The van der Waals surface area contributed by atoms with E-state index in [-0.39, 0.29) is 11.2 Å². The molecule has 1 aromatic heterocycles. The number of anilines is 2. The Balaban J connectivity index is 1.56. The van der Waals surface area contributed by atoms with Crippen molar-refractivity contribution in [2.45, 2.75) is 39.5 Å². The Labute approximate surface area is 170 Å². The number of carbonyl (C=O) groups excluding carboxylic acids is 1. The Bertz CT molecular complexity index is 1050. The highest BCUT2D eigenvalue weighted by Crippen LogP contribution is 2.43. The van der Waals surface area contributed by atoms with Crippen molar-refractivity contribution in [2.75, 3.05) is 11.4 Å². The molecule has 1 aliphatic heterocycles. The molecule has 0 radical (unpaired) electrons. The van der Waals surface area contributed by atoms with Crippen molar-refractivity contribution in [3.05, 3.63) is 64.7 Å². The van der Waals surface area contributed by atoms with E-state index >= 15 is 0 Å². The quantitative estimate of drug-likeness (QED) is 0.536. The first-order chi connectivity index (χ1) is 13.5. The summed E-state index contributed by atoms with van der Waals surface area (Å²) in [6.07, 6.45) is 3.71. The lowest BCUT2D eigenvalue weighted by Crippen LogP contribution is -2.26. The molecule has 142 valence electrons. The second kappa shape index (κ2) is 6.56. The van der Waals surface area contributed by atoms with E-state index in [0.717, 1.165) is 41.5 Å². The summed E-state index contributed by atoms with van der Waals surface area (Å²) in [5.41, 5.74) is 6.06. The highest BCUT2D eigenvalue weighted by atomic mass is 32.1. The normalized spacial score (nSPS) is 17.9. The fourth-order valence-corrected chi connectivity index (χ4v) is 5.47. The standard InChI is InChI=1S/C24H24N2OS/c1-24(2)14-19-22(21(27)15-24)28-23(25-19)26-12-6-9-17-10-11-18(13-20(17)26)16-7-4-3-5-8-16/h3-5,7-8,10-11,13H,6,9,12,14-15H2,1-2H3. The fraction of sp³-hybridized carbons (Fsp3) is 0.333. The molecule has 2 aliphatic rings. The van der Waals surface area contributed by atoms with E-state index in [4.69, 9.17) is 4.98 Å². The van der Waals surface area contributed by atoms with Crippen LogP contribution in [0.3, 0.4) is 0 Å². The smallest absolute Gasteiger partial charge is 0.190 e. The molecule has 0 atom stereocenters.